The molecule has 1 fully saturated rings. The maximum absolute atomic E-state index is 13.1. The molecule has 0 saturated carbocycles. The number of hydrogen-bond donors (Lipinski definition) is 1. The summed E-state index contributed by atoms with van der Waals surface area (Å²) in [6, 6.07) is 14.7. The molecule has 2 amide bonds. The van der Waals surface area contributed by atoms with Crippen LogP contribution in [0.2, 0.25) is 5.02 Å². The number of halogens is 1. The van der Waals surface area contributed by atoms with Crippen LogP contribution in [-0.2, 0) is 11.3 Å². The molecule has 0 radical (unpaired) electrons. The Morgan fingerprint density at radius 3 is 2.39 bits per heavy atom. The molecular formula is C24H29ClN2O4. The van der Waals surface area contributed by atoms with Crippen molar-refractivity contribution in [1.82, 2.24) is 10.2 Å². The Balaban J connectivity index is 1.58. The summed E-state index contributed by atoms with van der Waals surface area (Å²) in [5.74, 6) is 0.451. The van der Waals surface area contributed by atoms with E-state index in [2.05, 4.69) is 5.32 Å². The van der Waals surface area contributed by atoms with E-state index in [1.807, 2.05) is 57.2 Å². The summed E-state index contributed by atoms with van der Waals surface area (Å²) in [6.07, 6.45) is 0.928. The van der Waals surface area contributed by atoms with Gasteiger partial charge in [0.25, 0.3) is 5.91 Å². The number of rotatable bonds is 5. The molecule has 166 valence electrons. The van der Waals surface area contributed by atoms with Crippen molar-refractivity contribution < 1.29 is 19.1 Å². The first-order chi connectivity index (χ1) is 14.7. The number of nitrogens with one attached hydrogen (secondary N) is 1. The number of benzene rings is 2. The first-order valence-electron chi connectivity index (χ1n) is 10.5. The molecule has 0 aromatic heterocycles. The Morgan fingerprint density at radius 2 is 1.71 bits per heavy atom. The van der Waals surface area contributed by atoms with E-state index in [1.165, 1.54) is 0 Å². The third kappa shape index (κ3) is 6.62. The van der Waals surface area contributed by atoms with Gasteiger partial charge < -0.3 is 19.7 Å². The van der Waals surface area contributed by atoms with Crippen LogP contribution < -0.4 is 10.1 Å². The second-order valence-corrected chi connectivity index (χ2v) is 9.00. The minimum Gasteiger partial charge on any atom is -0.488 e. The molecule has 7 heteroatoms. The lowest BCUT2D eigenvalue weighted by atomic mass is 10.0. The molecule has 1 N–H and O–H groups in total. The van der Waals surface area contributed by atoms with Crippen molar-refractivity contribution in [3.63, 3.8) is 0 Å². The first kappa shape index (κ1) is 22.9. The molecule has 1 saturated heterocycles. The maximum atomic E-state index is 13.1. The Morgan fingerprint density at radius 1 is 1.06 bits per heavy atom. The van der Waals surface area contributed by atoms with Gasteiger partial charge in [-0.2, -0.15) is 0 Å². The predicted octanol–water partition coefficient (Wildman–Crippen LogP) is 5.05. The van der Waals surface area contributed by atoms with E-state index in [0.717, 1.165) is 5.56 Å². The fourth-order valence-corrected chi connectivity index (χ4v) is 3.60. The molecular weight excluding hydrogens is 416 g/mol. The van der Waals surface area contributed by atoms with Gasteiger partial charge in [0.1, 0.15) is 18.0 Å². The largest absolute Gasteiger partial charge is 0.488 e. The van der Waals surface area contributed by atoms with Crippen LogP contribution in [0.1, 0.15) is 49.5 Å². The van der Waals surface area contributed by atoms with E-state index >= 15 is 0 Å². The summed E-state index contributed by atoms with van der Waals surface area (Å²) >= 11 is 6.21. The fourth-order valence-electron chi connectivity index (χ4n) is 3.41. The smallest absolute Gasteiger partial charge is 0.407 e. The second kappa shape index (κ2) is 10.1. The number of carbonyl (C=O) groups is 2. The number of ether oxygens (including phenoxy) is 2. The molecule has 1 heterocycles. The zero-order valence-electron chi connectivity index (χ0n) is 18.2. The van der Waals surface area contributed by atoms with Crippen molar-refractivity contribution in [2.24, 2.45) is 0 Å². The number of hydrogen-bond acceptors (Lipinski definition) is 4. The van der Waals surface area contributed by atoms with Crippen LogP contribution in [0.25, 0.3) is 0 Å². The minimum atomic E-state index is -0.533. The molecule has 0 bridgehead atoms. The molecule has 6 nitrogen and oxygen atoms in total. The van der Waals surface area contributed by atoms with Crippen molar-refractivity contribution >= 4 is 23.6 Å². The SMILES string of the molecule is CC(C)(C)OC(=O)NC1CCN(C(=O)c2ccccc2OCc2ccccc2Cl)CC1. The molecule has 2 aromatic rings. The summed E-state index contributed by atoms with van der Waals surface area (Å²) in [7, 11) is 0. The molecule has 1 aliphatic rings. The lowest BCUT2D eigenvalue weighted by Crippen LogP contribution is -2.47. The fraction of sp³-hybridized carbons (Fsp3) is 0.417. The zero-order chi connectivity index (χ0) is 22.4. The summed E-state index contributed by atoms with van der Waals surface area (Å²) in [4.78, 5) is 26.9. The molecule has 31 heavy (non-hydrogen) atoms. The van der Waals surface area contributed by atoms with Crippen molar-refractivity contribution in [2.75, 3.05) is 13.1 Å². The van der Waals surface area contributed by atoms with Crippen molar-refractivity contribution in [1.29, 1.82) is 0 Å². The number of alkyl carbamates (subject to hydrolysis) is 1. The molecule has 2 aromatic carbocycles. The first-order valence-corrected chi connectivity index (χ1v) is 10.8. The van der Waals surface area contributed by atoms with Gasteiger partial charge in [0.15, 0.2) is 0 Å². The third-order valence-corrected chi connectivity index (χ3v) is 5.33. The molecule has 0 atom stereocenters. The van der Waals surface area contributed by atoms with E-state index < -0.39 is 11.7 Å². The van der Waals surface area contributed by atoms with Gasteiger partial charge in [-0.05, 0) is 51.8 Å². The Hall–Kier alpha value is -2.73. The van der Waals surface area contributed by atoms with Crippen LogP contribution in [-0.4, -0.2) is 41.6 Å². The predicted molar refractivity (Wildman–Crippen MR) is 121 cm³/mol. The van der Waals surface area contributed by atoms with Gasteiger partial charge in [-0.25, -0.2) is 4.79 Å². The van der Waals surface area contributed by atoms with Crippen LogP contribution in [0, 0.1) is 0 Å². The minimum absolute atomic E-state index is 0.00869. The van der Waals surface area contributed by atoms with E-state index in [1.54, 1.807) is 17.0 Å². The van der Waals surface area contributed by atoms with Gasteiger partial charge in [0.2, 0.25) is 0 Å². The van der Waals surface area contributed by atoms with Gasteiger partial charge >= 0.3 is 6.09 Å². The maximum Gasteiger partial charge on any atom is 0.407 e. The van der Waals surface area contributed by atoms with E-state index in [4.69, 9.17) is 21.1 Å². The molecule has 0 unspecified atom stereocenters. The van der Waals surface area contributed by atoms with Crippen molar-refractivity contribution in [2.45, 2.75) is 51.9 Å². The van der Waals surface area contributed by atoms with E-state index in [9.17, 15) is 9.59 Å². The molecule has 3 rings (SSSR count). The van der Waals surface area contributed by atoms with Crippen LogP contribution in [0.15, 0.2) is 48.5 Å². The van der Waals surface area contributed by atoms with Crippen molar-refractivity contribution in [3.05, 3.63) is 64.7 Å². The van der Waals surface area contributed by atoms with Gasteiger partial charge in [0, 0.05) is 29.7 Å². The average Bonchev–Trinajstić information content (AvgIpc) is 2.72. The molecule has 1 aliphatic heterocycles. The number of para-hydroxylation sites is 1. The topological polar surface area (TPSA) is 67.9 Å². The Bertz CT molecular complexity index is 918. The van der Waals surface area contributed by atoms with Gasteiger partial charge in [0.05, 0.1) is 5.56 Å². The number of nitrogens with zero attached hydrogens (tertiary/aromatic N) is 1. The molecule has 0 aliphatic carbocycles. The monoisotopic (exact) mass is 444 g/mol. The summed E-state index contributed by atoms with van der Waals surface area (Å²) in [5, 5.41) is 3.52. The highest BCUT2D eigenvalue weighted by Crippen LogP contribution is 2.24. The van der Waals surface area contributed by atoms with Crippen LogP contribution in [0.3, 0.4) is 0 Å². The number of piperidine rings is 1. The third-order valence-electron chi connectivity index (χ3n) is 4.96. The standard InChI is InChI=1S/C24H29ClN2O4/c1-24(2,3)31-23(29)26-18-12-14-27(15-13-18)22(28)19-9-5-7-11-21(19)30-16-17-8-4-6-10-20(17)25/h4-11,18H,12-16H2,1-3H3,(H,26,29). The summed E-state index contributed by atoms with van der Waals surface area (Å²) < 4.78 is 11.2. The highest BCUT2D eigenvalue weighted by atomic mass is 35.5. The van der Waals surface area contributed by atoms with Crippen LogP contribution in [0.5, 0.6) is 5.75 Å². The Kier molecular flexibility index (Phi) is 7.44. The number of likely N-dealkylation sites (tertiary alicyclic amines) is 1. The Labute approximate surface area is 188 Å². The summed E-state index contributed by atoms with van der Waals surface area (Å²) in [6.45, 7) is 6.89. The lowest BCUT2D eigenvalue weighted by Gasteiger charge is -2.33. The van der Waals surface area contributed by atoms with Gasteiger partial charge in [-0.15, -0.1) is 0 Å². The van der Waals surface area contributed by atoms with E-state index in [-0.39, 0.29) is 18.6 Å². The summed E-state index contributed by atoms with van der Waals surface area (Å²) in [5.41, 5.74) is 0.850. The highest BCUT2D eigenvalue weighted by Gasteiger charge is 2.27. The quantitative estimate of drug-likeness (QED) is 0.700. The lowest BCUT2D eigenvalue weighted by molar-refractivity contribution is 0.0473. The highest BCUT2D eigenvalue weighted by molar-refractivity contribution is 6.31. The van der Waals surface area contributed by atoms with Gasteiger partial charge in [-0.3, -0.25) is 4.79 Å². The molecule has 0 spiro atoms. The van der Waals surface area contributed by atoms with E-state index in [0.29, 0.717) is 42.3 Å². The van der Waals surface area contributed by atoms with Crippen molar-refractivity contribution in [3.8, 4) is 5.75 Å². The number of carbonyl (C=O) groups excluding carboxylic acids is 2. The zero-order valence-corrected chi connectivity index (χ0v) is 18.9. The van der Waals surface area contributed by atoms with Crippen LogP contribution in [0.4, 0.5) is 4.79 Å². The van der Waals surface area contributed by atoms with Gasteiger partial charge in [-0.1, -0.05) is 41.9 Å². The normalized spacial score (nSPS) is 14.8. The second-order valence-electron chi connectivity index (χ2n) is 8.59. The average molecular weight is 445 g/mol. The number of amides is 2. The van der Waals surface area contributed by atoms with Crippen LogP contribution >= 0.6 is 11.6 Å².